The van der Waals surface area contributed by atoms with E-state index in [0.29, 0.717) is 22.9 Å². The smallest absolute Gasteiger partial charge is 0.251 e. The molecule has 32 heavy (non-hydrogen) atoms. The largest absolute Gasteiger partial charge is 0.455 e. The second-order valence-electron chi connectivity index (χ2n) is 8.27. The Labute approximate surface area is 188 Å². The Morgan fingerprint density at radius 3 is 2.69 bits per heavy atom. The number of pyridine rings is 2. The number of ether oxygens (including phenoxy) is 1. The van der Waals surface area contributed by atoms with E-state index >= 15 is 0 Å². The third kappa shape index (κ3) is 5.62. The fourth-order valence-corrected chi connectivity index (χ4v) is 3.76. The molecule has 0 bridgehead atoms. The summed E-state index contributed by atoms with van der Waals surface area (Å²) in [6.07, 6.45) is 3.64. The predicted molar refractivity (Wildman–Crippen MR) is 126 cm³/mol. The van der Waals surface area contributed by atoms with Crippen LogP contribution >= 0.6 is 0 Å². The van der Waals surface area contributed by atoms with Gasteiger partial charge in [-0.3, -0.25) is 9.78 Å². The van der Waals surface area contributed by atoms with Gasteiger partial charge in [0.05, 0.1) is 5.69 Å². The molecule has 0 aliphatic carbocycles. The molecule has 3 heterocycles. The maximum Gasteiger partial charge on any atom is 0.251 e. The molecule has 1 fully saturated rings. The van der Waals surface area contributed by atoms with Crippen LogP contribution in [0.2, 0.25) is 0 Å². The van der Waals surface area contributed by atoms with Crippen molar-refractivity contribution in [3.63, 3.8) is 0 Å². The highest BCUT2D eigenvalue weighted by Gasteiger charge is 2.19. The zero-order valence-electron chi connectivity index (χ0n) is 18.8. The van der Waals surface area contributed by atoms with Crippen molar-refractivity contribution in [3.8, 4) is 11.5 Å². The molecule has 1 aromatic carbocycles. The molecule has 7 nitrogen and oxygen atoms in total. The molecule has 0 saturated carbocycles. The lowest BCUT2D eigenvalue weighted by molar-refractivity contribution is 0.0917. The van der Waals surface area contributed by atoms with Crippen molar-refractivity contribution in [2.24, 2.45) is 0 Å². The number of nitrogens with one attached hydrogen (secondary N) is 2. The standard InChI is InChI=1S/C25H29N5O2/c1-17-7-8-23(18(2)27-17)32-22-9-12-26-24(16-22)28-21-6-4-5-19(15-21)25(31)29-20-10-13-30(3)14-11-20/h4-9,12,15-16,20H,10-11,13-14H2,1-3H3,(H,26,28)(H,29,31). The molecule has 3 aromatic rings. The second-order valence-corrected chi connectivity index (χ2v) is 8.27. The minimum atomic E-state index is -0.0457. The summed E-state index contributed by atoms with van der Waals surface area (Å²) in [5, 5.41) is 6.42. The Balaban J connectivity index is 1.42. The number of rotatable bonds is 6. The minimum Gasteiger partial charge on any atom is -0.455 e. The fourth-order valence-electron chi connectivity index (χ4n) is 3.76. The van der Waals surface area contributed by atoms with Gasteiger partial charge < -0.3 is 20.3 Å². The SMILES string of the molecule is Cc1ccc(Oc2ccnc(Nc3cccc(C(=O)NC4CCN(C)CC4)c3)c2)c(C)n1. The number of benzene rings is 1. The Hall–Kier alpha value is -3.45. The van der Waals surface area contributed by atoms with E-state index in [9.17, 15) is 4.79 Å². The summed E-state index contributed by atoms with van der Waals surface area (Å²) in [6.45, 7) is 5.89. The molecule has 0 unspecified atom stereocenters. The van der Waals surface area contributed by atoms with E-state index in [-0.39, 0.29) is 11.9 Å². The third-order valence-electron chi connectivity index (χ3n) is 5.59. The number of amides is 1. The summed E-state index contributed by atoms with van der Waals surface area (Å²) in [5.41, 5.74) is 3.20. The van der Waals surface area contributed by atoms with Crippen molar-refractivity contribution < 1.29 is 9.53 Å². The molecule has 7 heteroatoms. The Kier molecular flexibility index (Phi) is 6.66. The summed E-state index contributed by atoms with van der Waals surface area (Å²) < 4.78 is 5.99. The quantitative estimate of drug-likeness (QED) is 0.600. The van der Waals surface area contributed by atoms with Gasteiger partial charge in [0.2, 0.25) is 0 Å². The Morgan fingerprint density at radius 2 is 1.91 bits per heavy atom. The van der Waals surface area contributed by atoms with Gasteiger partial charge in [0, 0.05) is 35.2 Å². The fraction of sp³-hybridized carbons (Fsp3) is 0.320. The lowest BCUT2D eigenvalue weighted by Gasteiger charge is -2.29. The number of carbonyl (C=O) groups excluding carboxylic acids is 1. The molecular weight excluding hydrogens is 402 g/mol. The van der Waals surface area contributed by atoms with E-state index in [2.05, 4.69) is 32.5 Å². The van der Waals surface area contributed by atoms with Crippen LogP contribution in [0.4, 0.5) is 11.5 Å². The number of hydrogen-bond donors (Lipinski definition) is 2. The van der Waals surface area contributed by atoms with Gasteiger partial charge in [0.25, 0.3) is 5.91 Å². The summed E-state index contributed by atoms with van der Waals surface area (Å²) in [7, 11) is 2.11. The van der Waals surface area contributed by atoms with Crippen LogP contribution in [0.1, 0.15) is 34.6 Å². The molecular formula is C25H29N5O2. The molecule has 0 radical (unpaired) electrons. The van der Waals surface area contributed by atoms with Gasteiger partial charge in [-0.05, 0) is 83.2 Å². The summed E-state index contributed by atoms with van der Waals surface area (Å²) in [6, 6.07) is 15.1. The van der Waals surface area contributed by atoms with Crippen LogP contribution in [0, 0.1) is 13.8 Å². The molecule has 1 aliphatic rings. The normalized spacial score (nSPS) is 14.7. The zero-order chi connectivity index (χ0) is 22.5. The molecule has 1 saturated heterocycles. The van der Waals surface area contributed by atoms with Gasteiger partial charge in [-0.2, -0.15) is 0 Å². The second kappa shape index (κ2) is 9.78. The third-order valence-corrected chi connectivity index (χ3v) is 5.59. The predicted octanol–water partition coefficient (Wildman–Crippen LogP) is 4.45. The summed E-state index contributed by atoms with van der Waals surface area (Å²) in [4.78, 5) is 23.8. The average Bonchev–Trinajstić information content (AvgIpc) is 2.78. The zero-order valence-corrected chi connectivity index (χ0v) is 18.8. The number of likely N-dealkylation sites (tertiary alicyclic amines) is 1. The maximum atomic E-state index is 12.7. The molecule has 1 amide bonds. The van der Waals surface area contributed by atoms with Crippen molar-refractivity contribution in [1.82, 2.24) is 20.2 Å². The highest BCUT2D eigenvalue weighted by atomic mass is 16.5. The van der Waals surface area contributed by atoms with Crippen LogP contribution < -0.4 is 15.4 Å². The van der Waals surface area contributed by atoms with Gasteiger partial charge >= 0.3 is 0 Å². The van der Waals surface area contributed by atoms with Crippen LogP contribution in [0.15, 0.2) is 54.7 Å². The van der Waals surface area contributed by atoms with Crippen molar-refractivity contribution in [1.29, 1.82) is 0 Å². The first-order chi connectivity index (χ1) is 15.5. The van der Waals surface area contributed by atoms with E-state index in [1.54, 1.807) is 12.3 Å². The number of hydrogen-bond acceptors (Lipinski definition) is 6. The van der Waals surface area contributed by atoms with E-state index in [1.165, 1.54) is 0 Å². The average molecular weight is 432 g/mol. The maximum absolute atomic E-state index is 12.7. The van der Waals surface area contributed by atoms with Gasteiger partial charge in [0.1, 0.15) is 17.3 Å². The Bertz CT molecular complexity index is 1090. The van der Waals surface area contributed by atoms with Gasteiger partial charge in [-0.1, -0.05) is 6.07 Å². The lowest BCUT2D eigenvalue weighted by atomic mass is 10.0. The molecule has 2 N–H and O–H groups in total. The van der Waals surface area contributed by atoms with E-state index in [0.717, 1.165) is 43.0 Å². The number of nitrogens with zero attached hydrogens (tertiary/aromatic N) is 3. The summed E-state index contributed by atoms with van der Waals surface area (Å²) in [5.74, 6) is 1.96. The Morgan fingerprint density at radius 1 is 1.09 bits per heavy atom. The van der Waals surface area contributed by atoms with Crippen LogP contribution in [0.3, 0.4) is 0 Å². The topological polar surface area (TPSA) is 79.4 Å². The van der Waals surface area contributed by atoms with Crippen molar-refractivity contribution >= 4 is 17.4 Å². The molecule has 0 atom stereocenters. The van der Waals surface area contributed by atoms with Crippen LogP contribution in [0.5, 0.6) is 11.5 Å². The highest BCUT2D eigenvalue weighted by molar-refractivity contribution is 5.95. The monoisotopic (exact) mass is 431 g/mol. The molecule has 0 spiro atoms. The molecule has 1 aliphatic heterocycles. The first-order valence-electron chi connectivity index (χ1n) is 10.9. The van der Waals surface area contributed by atoms with Gasteiger partial charge in [-0.15, -0.1) is 0 Å². The highest BCUT2D eigenvalue weighted by Crippen LogP contribution is 2.26. The van der Waals surface area contributed by atoms with Crippen molar-refractivity contribution in [2.75, 3.05) is 25.5 Å². The summed E-state index contributed by atoms with van der Waals surface area (Å²) >= 11 is 0. The molecule has 2 aromatic heterocycles. The van der Waals surface area contributed by atoms with Crippen molar-refractivity contribution in [3.05, 3.63) is 71.7 Å². The minimum absolute atomic E-state index is 0.0457. The number of carbonyl (C=O) groups is 1. The van der Waals surface area contributed by atoms with E-state index in [4.69, 9.17) is 4.74 Å². The lowest BCUT2D eigenvalue weighted by Crippen LogP contribution is -2.43. The van der Waals surface area contributed by atoms with Gasteiger partial charge in [0.15, 0.2) is 0 Å². The van der Waals surface area contributed by atoms with Crippen LogP contribution in [-0.4, -0.2) is 47.0 Å². The van der Waals surface area contributed by atoms with Crippen LogP contribution in [-0.2, 0) is 0 Å². The van der Waals surface area contributed by atoms with Gasteiger partial charge in [-0.25, -0.2) is 4.98 Å². The molecule has 4 rings (SSSR count). The van der Waals surface area contributed by atoms with Crippen molar-refractivity contribution in [2.45, 2.75) is 32.7 Å². The number of aromatic nitrogens is 2. The number of aryl methyl sites for hydroxylation is 2. The first kappa shape index (κ1) is 21.8. The van der Waals surface area contributed by atoms with E-state index in [1.807, 2.05) is 56.3 Å². The number of piperidine rings is 1. The first-order valence-corrected chi connectivity index (χ1v) is 10.9. The number of anilines is 2. The van der Waals surface area contributed by atoms with Crippen LogP contribution in [0.25, 0.3) is 0 Å². The van der Waals surface area contributed by atoms with E-state index < -0.39 is 0 Å². The molecule has 166 valence electrons.